The summed E-state index contributed by atoms with van der Waals surface area (Å²) in [6, 6.07) is 6.52. The Balaban J connectivity index is 0.00000147. The van der Waals surface area contributed by atoms with E-state index in [0.29, 0.717) is 0 Å². The van der Waals surface area contributed by atoms with Gasteiger partial charge in [0.25, 0.3) is 0 Å². The predicted molar refractivity (Wildman–Crippen MR) is 84.7 cm³/mol. The van der Waals surface area contributed by atoms with E-state index in [9.17, 15) is 0 Å². The maximum atomic E-state index is 5.32. The van der Waals surface area contributed by atoms with Crippen molar-refractivity contribution >= 4 is 12.4 Å². The van der Waals surface area contributed by atoms with Crippen LogP contribution in [0.2, 0.25) is 0 Å². The van der Waals surface area contributed by atoms with Crippen LogP contribution in [0.25, 0.3) is 0 Å². The maximum Gasteiger partial charge on any atom is 0.119 e. The van der Waals surface area contributed by atoms with Gasteiger partial charge in [-0.2, -0.15) is 0 Å². The molecule has 2 fully saturated rings. The quantitative estimate of drug-likeness (QED) is 0.923. The van der Waals surface area contributed by atoms with Crippen LogP contribution < -0.4 is 10.1 Å². The van der Waals surface area contributed by atoms with Crippen molar-refractivity contribution in [1.82, 2.24) is 10.2 Å². The number of halogens is 1. The summed E-state index contributed by atoms with van der Waals surface area (Å²) in [6.07, 6.45) is 1.08. The van der Waals surface area contributed by atoms with Crippen molar-refractivity contribution in [3.8, 4) is 5.75 Å². The third kappa shape index (κ3) is 3.11. The van der Waals surface area contributed by atoms with Gasteiger partial charge in [0.15, 0.2) is 0 Å². The number of hydrogen-bond acceptors (Lipinski definition) is 3. The highest BCUT2D eigenvalue weighted by atomic mass is 35.5. The van der Waals surface area contributed by atoms with Gasteiger partial charge in [0.05, 0.1) is 7.11 Å². The number of ether oxygens (including phenoxy) is 1. The van der Waals surface area contributed by atoms with Crippen LogP contribution in [0.5, 0.6) is 5.75 Å². The van der Waals surface area contributed by atoms with Crippen LogP contribution in [0.1, 0.15) is 18.1 Å². The lowest BCUT2D eigenvalue weighted by molar-refractivity contribution is 0.304. The molecule has 2 aliphatic rings. The molecule has 112 valence electrons. The second-order valence-corrected chi connectivity index (χ2v) is 5.86. The van der Waals surface area contributed by atoms with E-state index in [1.165, 1.54) is 37.3 Å². The minimum absolute atomic E-state index is 0. The first-order valence-electron chi connectivity index (χ1n) is 7.39. The van der Waals surface area contributed by atoms with Gasteiger partial charge in [-0.15, -0.1) is 12.4 Å². The Kier molecular flexibility index (Phi) is 5.30. The normalized spacial score (nSPS) is 25.3. The zero-order valence-electron chi connectivity index (χ0n) is 12.4. The van der Waals surface area contributed by atoms with E-state index < -0.39 is 0 Å². The number of likely N-dealkylation sites (tertiary alicyclic amines) is 1. The van der Waals surface area contributed by atoms with Gasteiger partial charge >= 0.3 is 0 Å². The molecule has 1 N–H and O–H groups in total. The lowest BCUT2D eigenvalue weighted by Crippen LogP contribution is -2.25. The van der Waals surface area contributed by atoms with Gasteiger partial charge in [0.1, 0.15) is 5.75 Å². The van der Waals surface area contributed by atoms with Crippen molar-refractivity contribution < 1.29 is 4.74 Å². The molecule has 0 radical (unpaired) electrons. The number of fused-ring (bicyclic) bond motifs is 1. The first kappa shape index (κ1) is 15.6. The van der Waals surface area contributed by atoms with E-state index >= 15 is 0 Å². The van der Waals surface area contributed by atoms with Crippen molar-refractivity contribution in [2.75, 3.05) is 33.3 Å². The summed E-state index contributed by atoms with van der Waals surface area (Å²) in [7, 11) is 1.74. The van der Waals surface area contributed by atoms with Crippen LogP contribution in [0, 0.1) is 11.8 Å². The van der Waals surface area contributed by atoms with E-state index in [1.54, 1.807) is 7.11 Å². The molecule has 3 nitrogen and oxygen atoms in total. The summed E-state index contributed by atoms with van der Waals surface area (Å²) in [5.41, 5.74) is 2.89. The summed E-state index contributed by atoms with van der Waals surface area (Å²) in [5, 5.41) is 3.50. The zero-order valence-corrected chi connectivity index (χ0v) is 13.2. The Labute approximate surface area is 128 Å². The van der Waals surface area contributed by atoms with Crippen molar-refractivity contribution in [3.63, 3.8) is 0 Å². The van der Waals surface area contributed by atoms with Gasteiger partial charge < -0.3 is 10.1 Å². The van der Waals surface area contributed by atoms with Crippen molar-refractivity contribution in [1.29, 1.82) is 0 Å². The molecule has 0 aliphatic carbocycles. The Morgan fingerprint density at radius 3 is 2.50 bits per heavy atom. The number of rotatable bonds is 4. The molecule has 0 saturated carbocycles. The number of hydrogen-bond donors (Lipinski definition) is 1. The van der Waals surface area contributed by atoms with Crippen molar-refractivity contribution in [3.05, 3.63) is 29.3 Å². The average molecular weight is 297 g/mol. The third-order valence-electron chi connectivity index (χ3n) is 4.65. The first-order chi connectivity index (χ1) is 9.30. The molecular formula is C16H25ClN2O. The highest BCUT2D eigenvalue weighted by Crippen LogP contribution is 2.28. The highest BCUT2D eigenvalue weighted by Gasteiger charge is 2.35. The maximum absolute atomic E-state index is 5.32. The third-order valence-corrected chi connectivity index (χ3v) is 4.65. The van der Waals surface area contributed by atoms with Gasteiger partial charge in [0, 0.05) is 19.6 Å². The summed E-state index contributed by atoms with van der Waals surface area (Å²) in [6.45, 7) is 8.26. The van der Waals surface area contributed by atoms with Crippen LogP contribution in [0.3, 0.4) is 0 Å². The summed E-state index contributed by atoms with van der Waals surface area (Å²) in [5.74, 6) is 2.73. The van der Waals surface area contributed by atoms with E-state index in [4.69, 9.17) is 4.74 Å². The zero-order chi connectivity index (χ0) is 13.2. The minimum atomic E-state index is 0. The molecule has 2 atom stereocenters. The molecule has 2 saturated heterocycles. The molecule has 1 aromatic rings. The predicted octanol–water partition coefficient (Wildman–Crippen LogP) is 2.33. The summed E-state index contributed by atoms with van der Waals surface area (Å²) < 4.78 is 5.32. The molecule has 0 amide bonds. The molecule has 0 spiro atoms. The summed E-state index contributed by atoms with van der Waals surface area (Å²) >= 11 is 0. The molecular weight excluding hydrogens is 272 g/mol. The van der Waals surface area contributed by atoms with Gasteiger partial charge in [-0.3, -0.25) is 4.90 Å². The number of methoxy groups -OCH3 is 1. The fourth-order valence-electron chi connectivity index (χ4n) is 3.54. The van der Waals surface area contributed by atoms with Crippen LogP contribution in [-0.4, -0.2) is 38.2 Å². The number of nitrogens with one attached hydrogen (secondary N) is 1. The lowest BCUT2D eigenvalue weighted by Gasteiger charge is -2.19. The number of aryl methyl sites for hydroxylation is 1. The minimum Gasteiger partial charge on any atom is -0.497 e. The van der Waals surface area contributed by atoms with Gasteiger partial charge in [-0.25, -0.2) is 0 Å². The highest BCUT2D eigenvalue weighted by molar-refractivity contribution is 5.85. The SMILES string of the molecule is CCc1cc(OC)ccc1CN1C[C@H]2CNC[C@H]2C1.Cl. The molecule has 2 heterocycles. The van der Waals surface area contributed by atoms with E-state index in [0.717, 1.165) is 30.6 Å². The van der Waals surface area contributed by atoms with Crippen LogP contribution in [0.4, 0.5) is 0 Å². The van der Waals surface area contributed by atoms with Crippen molar-refractivity contribution in [2.24, 2.45) is 11.8 Å². The fraction of sp³-hybridized carbons (Fsp3) is 0.625. The van der Waals surface area contributed by atoms with E-state index in [1.807, 2.05) is 0 Å². The van der Waals surface area contributed by atoms with Crippen LogP contribution in [0.15, 0.2) is 18.2 Å². The number of benzene rings is 1. The van der Waals surface area contributed by atoms with Crippen LogP contribution >= 0.6 is 12.4 Å². The molecule has 3 rings (SSSR count). The molecule has 2 aliphatic heterocycles. The molecule has 0 aromatic heterocycles. The molecule has 1 aromatic carbocycles. The van der Waals surface area contributed by atoms with E-state index in [2.05, 4.69) is 35.3 Å². The Hall–Kier alpha value is -0.770. The summed E-state index contributed by atoms with van der Waals surface area (Å²) in [4.78, 5) is 2.62. The van der Waals surface area contributed by atoms with Gasteiger partial charge in [-0.1, -0.05) is 13.0 Å². The average Bonchev–Trinajstić information content (AvgIpc) is 3.00. The Morgan fingerprint density at radius 1 is 1.20 bits per heavy atom. The van der Waals surface area contributed by atoms with E-state index in [-0.39, 0.29) is 12.4 Å². The first-order valence-corrected chi connectivity index (χ1v) is 7.39. The second-order valence-electron chi connectivity index (χ2n) is 5.86. The number of nitrogens with zero attached hydrogens (tertiary/aromatic N) is 1. The Bertz CT molecular complexity index is 440. The molecule has 20 heavy (non-hydrogen) atoms. The second kappa shape index (κ2) is 6.79. The van der Waals surface area contributed by atoms with Crippen molar-refractivity contribution in [2.45, 2.75) is 19.9 Å². The van der Waals surface area contributed by atoms with Crippen LogP contribution in [-0.2, 0) is 13.0 Å². The molecule has 0 bridgehead atoms. The molecule has 4 heteroatoms. The fourth-order valence-corrected chi connectivity index (χ4v) is 3.54. The lowest BCUT2D eigenvalue weighted by atomic mass is 10.0. The smallest absolute Gasteiger partial charge is 0.119 e. The molecule has 0 unspecified atom stereocenters. The van der Waals surface area contributed by atoms with Gasteiger partial charge in [-0.05, 0) is 54.6 Å². The standard InChI is InChI=1S/C16H24N2O.ClH/c1-3-12-6-16(19-2)5-4-13(12)9-18-10-14-7-17-8-15(14)11-18;/h4-6,14-15,17H,3,7-11H2,1-2H3;1H/t14-,15+;. The van der Waals surface area contributed by atoms with Gasteiger partial charge in [0.2, 0.25) is 0 Å². The largest absolute Gasteiger partial charge is 0.497 e. The Morgan fingerprint density at radius 2 is 1.90 bits per heavy atom. The topological polar surface area (TPSA) is 24.5 Å². The monoisotopic (exact) mass is 296 g/mol.